The predicted octanol–water partition coefficient (Wildman–Crippen LogP) is 5.25. The molecule has 0 aliphatic heterocycles. The SMILES string of the molecule is c1ccc2[nH]c(-c3n[nH]c4ccc(-c5cccc6[nH]ccc56)cc34)nc2c1. The van der Waals surface area contributed by atoms with Crippen molar-refractivity contribution in [3.8, 4) is 22.6 Å². The van der Waals surface area contributed by atoms with Crippen LogP contribution < -0.4 is 0 Å². The highest BCUT2D eigenvalue weighted by Gasteiger charge is 2.14. The Morgan fingerprint density at radius 1 is 0.741 bits per heavy atom. The lowest BCUT2D eigenvalue weighted by Gasteiger charge is -2.04. The van der Waals surface area contributed by atoms with Crippen LogP contribution in [0.15, 0.2) is 72.9 Å². The Kier molecular flexibility index (Phi) is 2.82. The minimum absolute atomic E-state index is 0.777. The summed E-state index contributed by atoms with van der Waals surface area (Å²) < 4.78 is 0. The summed E-state index contributed by atoms with van der Waals surface area (Å²) in [5.41, 5.74) is 7.28. The Morgan fingerprint density at radius 3 is 2.63 bits per heavy atom. The summed E-state index contributed by atoms with van der Waals surface area (Å²) in [4.78, 5) is 11.4. The fourth-order valence-electron chi connectivity index (χ4n) is 3.76. The van der Waals surface area contributed by atoms with E-state index in [9.17, 15) is 0 Å². The van der Waals surface area contributed by atoms with Crippen LogP contribution in [0.25, 0.3) is 55.5 Å². The molecule has 3 aromatic carbocycles. The lowest BCUT2D eigenvalue weighted by molar-refractivity contribution is 1.11. The second-order valence-corrected chi connectivity index (χ2v) is 6.68. The van der Waals surface area contributed by atoms with Gasteiger partial charge >= 0.3 is 0 Å². The molecule has 0 saturated carbocycles. The molecule has 128 valence electrons. The van der Waals surface area contributed by atoms with E-state index in [0.717, 1.165) is 44.5 Å². The summed E-state index contributed by atoms with van der Waals surface area (Å²) >= 11 is 0. The van der Waals surface area contributed by atoms with Crippen LogP contribution in [0.3, 0.4) is 0 Å². The summed E-state index contributed by atoms with van der Waals surface area (Å²) in [6.45, 7) is 0. The Bertz CT molecular complexity index is 1400. The van der Waals surface area contributed by atoms with Gasteiger partial charge in [0.25, 0.3) is 0 Å². The van der Waals surface area contributed by atoms with Crippen molar-refractivity contribution in [3.63, 3.8) is 0 Å². The maximum Gasteiger partial charge on any atom is 0.159 e. The number of para-hydroxylation sites is 2. The number of rotatable bonds is 2. The molecule has 0 fully saturated rings. The molecule has 0 spiro atoms. The molecule has 0 aliphatic rings. The molecular weight excluding hydrogens is 334 g/mol. The van der Waals surface area contributed by atoms with E-state index in [4.69, 9.17) is 4.98 Å². The van der Waals surface area contributed by atoms with Crippen molar-refractivity contribution in [3.05, 3.63) is 72.9 Å². The minimum atomic E-state index is 0.777. The van der Waals surface area contributed by atoms with Gasteiger partial charge in [0.05, 0.1) is 16.6 Å². The zero-order valence-electron chi connectivity index (χ0n) is 14.3. The number of fused-ring (bicyclic) bond motifs is 3. The third-order valence-corrected chi connectivity index (χ3v) is 5.08. The third kappa shape index (κ3) is 2.12. The maximum absolute atomic E-state index is 4.71. The van der Waals surface area contributed by atoms with Crippen LogP contribution >= 0.6 is 0 Å². The van der Waals surface area contributed by atoms with Crippen molar-refractivity contribution in [1.82, 2.24) is 25.1 Å². The first-order valence-electron chi connectivity index (χ1n) is 8.86. The molecule has 6 aromatic rings. The summed E-state index contributed by atoms with van der Waals surface area (Å²) in [7, 11) is 0. The molecule has 0 amide bonds. The number of hydrogen-bond acceptors (Lipinski definition) is 2. The van der Waals surface area contributed by atoms with Crippen molar-refractivity contribution in [2.45, 2.75) is 0 Å². The van der Waals surface area contributed by atoms with Crippen LogP contribution in [-0.4, -0.2) is 25.1 Å². The Hall–Kier alpha value is -3.86. The Labute approximate surface area is 154 Å². The van der Waals surface area contributed by atoms with Crippen LogP contribution in [0.2, 0.25) is 0 Å². The van der Waals surface area contributed by atoms with Crippen molar-refractivity contribution >= 4 is 32.8 Å². The van der Waals surface area contributed by atoms with E-state index >= 15 is 0 Å². The monoisotopic (exact) mass is 349 g/mol. The molecule has 0 bridgehead atoms. The van der Waals surface area contributed by atoms with Gasteiger partial charge in [-0.15, -0.1) is 0 Å². The molecule has 5 heteroatoms. The van der Waals surface area contributed by atoms with Gasteiger partial charge in [-0.05, 0) is 47.5 Å². The highest BCUT2D eigenvalue weighted by atomic mass is 15.1. The lowest BCUT2D eigenvalue weighted by atomic mass is 10.00. The highest BCUT2D eigenvalue weighted by Crippen LogP contribution is 2.33. The zero-order chi connectivity index (χ0) is 17.8. The average Bonchev–Trinajstić information content (AvgIpc) is 3.43. The van der Waals surface area contributed by atoms with Crippen LogP contribution in [0.1, 0.15) is 0 Å². The first kappa shape index (κ1) is 14.3. The van der Waals surface area contributed by atoms with Crippen molar-refractivity contribution in [1.29, 1.82) is 0 Å². The van der Waals surface area contributed by atoms with Crippen molar-refractivity contribution in [2.24, 2.45) is 0 Å². The Balaban J connectivity index is 1.58. The van der Waals surface area contributed by atoms with Gasteiger partial charge in [0, 0.05) is 22.5 Å². The number of hydrogen-bond donors (Lipinski definition) is 3. The van der Waals surface area contributed by atoms with Crippen molar-refractivity contribution < 1.29 is 0 Å². The van der Waals surface area contributed by atoms with Gasteiger partial charge in [0.2, 0.25) is 0 Å². The van der Waals surface area contributed by atoms with Gasteiger partial charge in [0.15, 0.2) is 5.82 Å². The van der Waals surface area contributed by atoms with Gasteiger partial charge in [-0.1, -0.05) is 30.3 Å². The van der Waals surface area contributed by atoms with Crippen molar-refractivity contribution in [2.75, 3.05) is 0 Å². The number of nitrogens with zero attached hydrogens (tertiary/aromatic N) is 2. The molecule has 0 atom stereocenters. The second kappa shape index (κ2) is 5.32. The fourth-order valence-corrected chi connectivity index (χ4v) is 3.76. The van der Waals surface area contributed by atoms with E-state index in [-0.39, 0.29) is 0 Å². The number of aromatic nitrogens is 5. The molecule has 6 rings (SSSR count). The summed E-state index contributed by atoms with van der Waals surface area (Å²) in [6, 6.07) is 22.9. The second-order valence-electron chi connectivity index (χ2n) is 6.68. The van der Waals surface area contributed by atoms with Crippen LogP contribution in [0, 0.1) is 0 Å². The number of H-pyrrole nitrogens is 3. The quantitative estimate of drug-likeness (QED) is 0.399. The van der Waals surface area contributed by atoms with E-state index in [1.165, 1.54) is 10.9 Å². The van der Waals surface area contributed by atoms with Gasteiger partial charge < -0.3 is 9.97 Å². The predicted molar refractivity (Wildman–Crippen MR) is 108 cm³/mol. The van der Waals surface area contributed by atoms with Gasteiger partial charge in [0.1, 0.15) is 5.69 Å². The lowest BCUT2D eigenvalue weighted by Crippen LogP contribution is -1.83. The average molecular weight is 349 g/mol. The molecule has 3 heterocycles. The molecule has 0 aliphatic carbocycles. The third-order valence-electron chi connectivity index (χ3n) is 5.08. The fraction of sp³-hybridized carbons (Fsp3) is 0. The molecule has 3 N–H and O–H groups in total. The topological polar surface area (TPSA) is 73.2 Å². The highest BCUT2D eigenvalue weighted by molar-refractivity contribution is 6.00. The molecule has 0 radical (unpaired) electrons. The summed E-state index contributed by atoms with van der Waals surface area (Å²) in [6.07, 6.45) is 1.98. The van der Waals surface area contributed by atoms with E-state index in [1.54, 1.807) is 0 Å². The molecule has 3 aromatic heterocycles. The molecule has 5 nitrogen and oxygen atoms in total. The normalized spacial score (nSPS) is 11.7. The Morgan fingerprint density at radius 2 is 1.67 bits per heavy atom. The largest absolute Gasteiger partial charge is 0.361 e. The first-order chi connectivity index (χ1) is 13.4. The van der Waals surface area contributed by atoms with Crippen LogP contribution in [-0.2, 0) is 0 Å². The number of aromatic amines is 3. The summed E-state index contributed by atoms with van der Waals surface area (Å²) in [5.74, 6) is 0.777. The first-order valence-corrected chi connectivity index (χ1v) is 8.86. The summed E-state index contributed by atoms with van der Waals surface area (Å²) in [5, 5.41) is 9.92. The maximum atomic E-state index is 4.71. The van der Waals surface area contributed by atoms with Gasteiger partial charge in [-0.3, -0.25) is 5.10 Å². The van der Waals surface area contributed by atoms with E-state index in [1.807, 2.05) is 30.5 Å². The smallest absolute Gasteiger partial charge is 0.159 e. The molecule has 0 saturated heterocycles. The number of imidazole rings is 1. The van der Waals surface area contributed by atoms with E-state index in [2.05, 4.69) is 62.6 Å². The number of benzene rings is 3. The van der Waals surface area contributed by atoms with E-state index < -0.39 is 0 Å². The molecular formula is C22H15N5. The minimum Gasteiger partial charge on any atom is -0.361 e. The van der Waals surface area contributed by atoms with Crippen LogP contribution in [0.4, 0.5) is 0 Å². The molecule has 27 heavy (non-hydrogen) atoms. The number of nitrogens with one attached hydrogen (secondary N) is 3. The van der Waals surface area contributed by atoms with Gasteiger partial charge in [-0.2, -0.15) is 5.10 Å². The standard InChI is InChI=1S/C22H15N5/c1-2-6-20-19(5-1)24-22(25-20)21-16-12-13(8-9-18(16)26-27-21)14-4-3-7-17-15(14)10-11-23-17/h1-12,23H,(H,24,25)(H,26,27). The zero-order valence-corrected chi connectivity index (χ0v) is 14.3. The van der Waals surface area contributed by atoms with Crippen LogP contribution in [0.5, 0.6) is 0 Å². The van der Waals surface area contributed by atoms with E-state index in [0.29, 0.717) is 0 Å². The molecule has 0 unspecified atom stereocenters. The van der Waals surface area contributed by atoms with Gasteiger partial charge in [-0.25, -0.2) is 4.98 Å².